The van der Waals surface area contributed by atoms with Crippen LogP contribution in [-0.4, -0.2) is 36.3 Å². The van der Waals surface area contributed by atoms with E-state index in [1.807, 2.05) is 24.3 Å². The number of carbonyl (C=O) groups excluding carboxylic acids is 1. The van der Waals surface area contributed by atoms with Crippen LogP contribution >= 0.6 is 0 Å². The molecule has 2 rings (SSSR count). The number of aliphatic carboxylic acids is 1. The molecule has 0 bridgehead atoms. The summed E-state index contributed by atoms with van der Waals surface area (Å²) >= 11 is 0. The van der Waals surface area contributed by atoms with Crippen LogP contribution in [0.2, 0.25) is 0 Å². The highest BCUT2D eigenvalue weighted by atomic mass is 16.5. The van der Waals surface area contributed by atoms with Gasteiger partial charge in [-0.15, -0.1) is 0 Å². The second-order valence-corrected chi connectivity index (χ2v) is 5.00. The largest absolute Gasteiger partial charge is 0.479 e. The third-order valence-corrected chi connectivity index (χ3v) is 3.36. The fraction of sp³-hybridized carbons (Fsp3) is 0.467. The average molecular weight is 293 g/mol. The van der Waals surface area contributed by atoms with Gasteiger partial charge in [0, 0.05) is 13.7 Å². The first-order valence-corrected chi connectivity index (χ1v) is 6.83. The van der Waals surface area contributed by atoms with Crippen LogP contribution in [0.1, 0.15) is 24.0 Å². The second kappa shape index (κ2) is 7.19. The summed E-state index contributed by atoms with van der Waals surface area (Å²) in [5, 5.41) is 11.6. The molecule has 0 aromatic heterocycles. The Bertz CT molecular complexity index is 517. The Hall–Kier alpha value is -1.92. The van der Waals surface area contributed by atoms with Crippen molar-refractivity contribution in [3.05, 3.63) is 35.4 Å². The number of carboxylic acid groups (broad SMARTS) is 1. The highest BCUT2D eigenvalue weighted by Gasteiger charge is 2.34. The van der Waals surface area contributed by atoms with Crippen molar-refractivity contribution in [1.29, 1.82) is 0 Å². The molecule has 6 nitrogen and oxygen atoms in total. The summed E-state index contributed by atoms with van der Waals surface area (Å²) in [6.07, 6.45) is -0.734. The van der Waals surface area contributed by atoms with Crippen molar-refractivity contribution in [1.82, 2.24) is 5.32 Å². The number of hydrogen-bond acceptors (Lipinski definition) is 4. The zero-order valence-electron chi connectivity index (χ0n) is 11.9. The van der Waals surface area contributed by atoms with Crippen LogP contribution in [-0.2, 0) is 32.2 Å². The lowest BCUT2D eigenvalue weighted by Crippen LogP contribution is -2.35. The summed E-state index contributed by atoms with van der Waals surface area (Å²) in [5.41, 5.74) is 2.00. The summed E-state index contributed by atoms with van der Waals surface area (Å²) in [4.78, 5) is 22.7. The fourth-order valence-corrected chi connectivity index (χ4v) is 2.31. The molecular formula is C15H19NO5. The SMILES string of the molecule is COCc1cccc(CNC(=O)[C@@H]2CC[C@H](C(=O)O)O2)c1. The minimum Gasteiger partial charge on any atom is -0.479 e. The third kappa shape index (κ3) is 4.27. The number of rotatable bonds is 6. The minimum atomic E-state index is -1.02. The minimum absolute atomic E-state index is 0.268. The van der Waals surface area contributed by atoms with E-state index in [-0.39, 0.29) is 5.91 Å². The molecule has 1 saturated heterocycles. The van der Waals surface area contributed by atoms with E-state index in [0.717, 1.165) is 11.1 Å². The highest BCUT2D eigenvalue weighted by Crippen LogP contribution is 2.20. The first kappa shape index (κ1) is 15.5. The maximum atomic E-state index is 11.9. The standard InChI is InChI=1S/C15H19NO5/c1-20-9-11-4-2-3-10(7-11)8-16-14(17)12-5-6-13(21-12)15(18)19/h2-4,7,12-13H,5-6,8-9H2,1H3,(H,16,17)(H,18,19)/t12-,13+/m0/s1. The number of hydrogen-bond donors (Lipinski definition) is 2. The Balaban J connectivity index is 1.84. The normalized spacial score (nSPS) is 21.2. The van der Waals surface area contributed by atoms with Gasteiger partial charge in [0.25, 0.3) is 0 Å². The van der Waals surface area contributed by atoms with Crippen molar-refractivity contribution in [2.75, 3.05) is 7.11 Å². The van der Waals surface area contributed by atoms with Crippen LogP contribution in [0.4, 0.5) is 0 Å². The van der Waals surface area contributed by atoms with Crippen molar-refractivity contribution >= 4 is 11.9 Å². The Morgan fingerprint density at radius 3 is 2.71 bits per heavy atom. The van der Waals surface area contributed by atoms with Crippen molar-refractivity contribution in [3.8, 4) is 0 Å². The zero-order valence-corrected chi connectivity index (χ0v) is 11.9. The van der Waals surface area contributed by atoms with E-state index in [1.54, 1.807) is 7.11 Å². The fourth-order valence-electron chi connectivity index (χ4n) is 2.31. The van der Waals surface area contributed by atoms with Gasteiger partial charge in [-0.3, -0.25) is 4.79 Å². The molecule has 114 valence electrons. The lowest BCUT2D eigenvalue weighted by Gasteiger charge is -2.12. The van der Waals surface area contributed by atoms with Gasteiger partial charge < -0.3 is 19.9 Å². The van der Waals surface area contributed by atoms with E-state index in [1.165, 1.54) is 0 Å². The van der Waals surface area contributed by atoms with E-state index in [9.17, 15) is 9.59 Å². The van der Waals surface area contributed by atoms with E-state index in [0.29, 0.717) is 26.0 Å². The summed E-state index contributed by atoms with van der Waals surface area (Å²) in [6, 6.07) is 7.73. The van der Waals surface area contributed by atoms with E-state index < -0.39 is 18.2 Å². The maximum absolute atomic E-state index is 11.9. The van der Waals surface area contributed by atoms with Crippen molar-refractivity contribution < 1.29 is 24.2 Å². The van der Waals surface area contributed by atoms with Crippen LogP contribution in [0.15, 0.2) is 24.3 Å². The zero-order chi connectivity index (χ0) is 15.2. The quantitative estimate of drug-likeness (QED) is 0.820. The Kier molecular flexibility index (Phi) is 5.30. The molecule has 1 aliphatic rings. The molecule has 6 heteroatoms. The van der Waals surface area contributed by atoms with E-state index in [2.05, 4.69) is 5.32 Å². The summed E-state index contributed by atoms with van der Waals surface area (Å²) in [7, 11) is 1.63. The van der Waals surface area contributed by atoms with Gasteiger partial charge in [0.1, 0.15) is 6.10 Å². The Labute approximate surface area is 123 Å². The molecular weight excluding hydrogens is 274 g/mol. The number of ether oxygens (including phenoxy) is 2. The van der Waals surface area contributed by atoms with Crippen LogP contribution in [0.3, 0.4) is 0 Å². The number of carbonyl (C=O) groups is 2. The molecule has 0 aliphatic carbocycles. The molecule has 2 N–H and O–H groups in total. The summed E-state index contributed by atoms with van der Waals surface area (Å²) in [6.45, 7) is 0.905. The molecule has 0 radical (unpaired) electrons. The average Bonchev–Trinajstić information content (AvgIpc) is 2.96. The van der Waals surface area contributed by atoms with Crippen molar-refractivity contribution in [2.45, 2.75) is 38.2 Å². The van der Waals surface area contributed by atoms with Crippen molar-refractivity contribution in [2.24, 2.45) is 0 Å². The Morgan fingerprint density at radius 1 is 1.33 bits per heavy atom. The summed E-state index contributed by atoms with van der Waals surface area (Å²) < 4.78 is 10.3. The van der Waals surface area contributed by atoms with Crippen LogP contribution in [0, 0.1) is 0 Å². The smallest absolute Gasteiger partial charge is 0.332 e. The predicted octanol–water partition coefficient (Wildman–Crippen LogP) is 1.08. The van der Waals surface area contributed by atoms with Gasteiger partial charge in [-0.1, -0.05) is 24.3 Å². The molecule has 1 heterocycles. The molecule has 1 amide bonds. The van der Waals surface area contributed by atoms with Gasteiger partial charge in [-0.2, -0.15) is 0 Å². The van der Waals surface area contributed by atoms with Crippen LogP contribution < -0.4 is 5.32 Å². The molecule has 1 fully saturated rings. The lowest BCUT2D eigenvalue weighted by molar-refractivity contribution is -0.151. The molecule has 0 spiro atoms. The van der Waals surface area contributed by atoms with Crippen LogP contribution in [0.5, 0.6) is 0 Å². The topological polar surface area (TPSA) is 84.9 Å². The van der Waals surface area contributed by atoms with Crippen LogP contribution in [0.25, 0.3) is 0 Å². The predicted molar refractivity (Wildman–Crippen MR) is 74.5 cm³/mol. The molecule has 21 heavy (non-hydrogen) atoms. The second-order valence-electron chi connectivity index (χ2n) is 5.00. The maximum Gasteiger partial charge on any atom is 0.332 e. The molecule has 0 unspecified atom stereocenters. The number of nitrogens with one attached hydrogen (secondary N) is 1. The molecule has 1 aromatic rings. The first-order chi connectivity index (χ1) is 10.1. The number of benzene rings is 1. The Morgan fingerprint density at radius 2 is 2.05 bits per heavy atom. The van der Waals surface area contributed by atoms with Gasteiger partial charge in [0.05, 0.1) is 6.61 Å². The molecule has 0 saturated carbocycles. The molecule has 2 atom stereocenters. The number of methoxy groups -OCH3 is 1. The summed E-state index contributed by atoms with van der Waals surface area (Å²) in [5.74, 6) is -1.28. The first-order valence-electron chi connectivity index (χ1n) is 6.83. The monoisotopic (exact) mass is 293 g/mol. The number of amides is 1. The van der Waals surface area contributed by atoms with Gasteiger partial charge >= 0.3 is 5.97 Å². The lowest BCUT2D eigenvalue weighted by atomic mass is 10.1. The highest BCUT2D eigenvalue weighted by molar-refractivity contribution is 5.82. The van der Waals surface area contributed by atoms with Crippen molar-refractivity contribution in [3.63, 3.8) is 0 Å². The number of carboxylic acids is 1. The van der Waals surface area contributed by atoms with Gasteiger partial charge in [-0.25, -0.2) is 4.79 Å². The van der Waals surface area contributed by atoms with E-state index >= 15 is 0 Å². The molecule has 1 aliphatic heterocycles. The van der Waals surface area contributed by atoms with Gasteiger partial charge in [-0.05, 0) is 24.0 Å². The van der Waals surface area contributed by atoms with E-state index in [4.69, 9.17) is 14.6 Å². The third-order valence-electron chi connectivity index (χ3n) is 3.36. The van der Waals surface area contributed by atoms with Gasteiger partial charge in [0.2, 0.25) is 5.91 Å². The molecule has 1 aromatic carbocycles. The van der Waals surface area contributed by atoms with Gasteiger partial charge in [0.15, 0.2) is 6.10 Å².